The quantitative estimate of drug-likeness (QED) is 0.722. The molecule has 0 unspecified atom stereocenters. The van der Waals surface area contributed by atoms with Crippen molar-refractivity contribution >= 4 is 5.78 Å². The van der Waals surface area contributed by atoms with Gasteiger partial charge < -0.3 is 4.74 Å². The molecule has 0 atom stereocenters. The summed E-state index contributed by atoms with van der Waals surface area (Å²) in [6, 6.07) is 0. The molecule has 0 aromatic carbocycles. The lowest BCUT2D eigenvalue weighted by atomic mass is 9.83. The van der Waals surface area contributed by atoms with Crippen molar-refractivity contribution in [2.75, 3.05) is 20.7 Å². The number of ether oxygens (including phenoxy) is 1. The lowest BCUT2D eigenvalue weighted by Gasteiger charge is -2.38. The van der Waals surface area contributed by atoms with Crippen molar-refractivity contribution in [2.24, 2.45) is 0 Å². The molecule has 0 bridgehead atoms. The van der Waals surface area contributed by atoms with Crippen LogP contribution in [0.4, 0.5) is 0 Å². The van der Waals surface area contributed by atoms with Crippen LogP contribution < -0.4 is 0 Å². The van der Waals surface area contributed by atoms with E-state index in [9.17, 15) is 4.79 Å². The third kappa shape index (κ3) is 2.61. The molecular weight excluding hydrogens is 226 g/mol. The van der Waals surface area contributed by atoms with Crippen LogP contribution in [0.5, 0.6) is 0 Å². The number of ketones is 1. The van der Waals surface area contributed by atoms with E-state index >= 15 is 0 Å². The first-order chi connectivity index (χ1) is 8.67. The number of likely N-dealkylation sites (N-methyl/N-ethyl adjacent to an activating group) is 1. The zero-order valence-corrected chi connectivity index (χ0v) is 11.7. The fraction of sp³-hybridized carbons (Fsp3) is 0.800. The zero-order chi connectivity index (χ0) is 13.0. The molecule has 0 radical (unpaired) electrons. The minimum absolute atomic E-state index is 0.217. The average molecular weight is 251 g/mol. The Balaban J connectivity index is 2.22. The fourth-order valence-electron chi connectivity index (χ4n) is 3.14. The van der Waals surface area contributed by atoms with E-state index in [0.29, 0.717) is 12.4 Å². The third-order valence-electron chi connectivity index (χ3n) is 4.37. The van der Waals surface area contributed by atoms with Crippen LogP contribution in [0.3, 0.4) is 0 Å². The first-order valence-electron chi connectivity index (χ1n) is 7.22. The highest BCUT2D eigenvalue weighted by atomic mass is 16.5. The van der Waals surface area contributed by atoms with Crippen LogP contribution in [0.1, 0.15) is 51.4 Å². The van der Waals surface area contributed by atoms with Crippen LogP contribution >= 0.6 is 0 Å². The van der Waals surface area contributed by atoms with Crippen molar-refractivity contribution in [3.63, 3.8) is 0 Å². The van der Waals surface area contributed by atoms with Crippen molar-refractivity contribution in [3.8, 4) is 0 Å². The second-order valence-electron chi connectivity index (χ2n) is 5.73. The van der Waals surface area contributed by atoms with Crippen molar-refractivity contribution in [3.05, 3.63) is 11.8 Å². The third-order valence-corrected chi connectivity index (χ3v) is 4.37. The van der Waals surface area contributed by atoms with E-state index in [1.165, 1.54) is 12.8 Å². The van der Waals surface area contributed by atoms with Gasteiger partial charge in [0.05, 0.1) is 12.1 Å². The molecule has 0 spiro atoms. The van der Waals surface area contributed by atoms with E-state index in [1.807, 2.05) is 20.2 Å². The lowest BCUT2D eigenvalue weighted by Crippen LogP contribution is -2.51. The molecule has 0 aromatic heterocycles. The van der Waals surface area contributed by atoms with Crippen molar-refractivity contribution in [2.45, 2.75) is 56.9 Å². The summed E-state index contributed by atoms with van der Waals surface area (Å²) in [5.41, 5.74) is -0.320. The van der Waals surface area contributed by atoms with Crippen LogP contribution in [-0.4, -0.2) is 36.9 Å². The maximum Gasteiger partial charge on any atom is 0.217 e. The van der Waals surface area contributed by atoms with Crippen molar-refractivity contribution < 1.29 is 9.53 Å². The van der Waals surface area contributed by atoms with E-state index in [1.54, 1.807) is 0 Å². The maximum absolute atomic E-state index is 12.8. The number of carbonyl (C=O) groups is 1. The van der Waals surface area contributed by atoms with E-state index in [4.69, 9.17) is 4.74 Å². The van der Waals surface area contributed by atoms with Crippen LogP contribution in [0.2, 0.25) is 0 Å². The predicted octanol–water partition coefficient (Wildman–Crippen LogP) is 2.90. The molecule has 0 amide bonds. The Morgan fingerprint density at radius 1 is 1.17 bits per heavy atom. The molecule has 0 N–H and O–H groups in total. The number of hydrogen-bond donors (Lipinski definition) is 0. The van der Waals surface area contributed by atoms with Gasteiger partial charge in [-0.3, -0.25) is 9.69 Å². The van der Waals surface area contributed by atoms with Gasteiger partial charge >= 0.3 is 0 Å². The van der Waals surface area contributed by atoms with Crippen LogP contribution in [0.15, 0.2) is 11.8 Å². The van der Waals surface area contributed by atoms with Crippen LogP contribution in [-0.2, 0) is 9.53 Å². The summed E-state index contributed by atoms with van der Waals surface area (Å²) in [4.78, 5) is 15.0. The van der Waals surface area contributed by atoms with E-state index in [0.717, 1.165) is 38.5 Å². The van der Waals surface area contributed by atoms with Gasteiger partial charge in [0.2, 0.25) is 5.78 Å². The monoisotopic (exact) mass is 251 g/mol. The first kappa shape index (κ1) is 13.6. The summed E-state index contributed by atoms with van der Waals surface area (Å²) in [5, 5.41) is 0. The molecule has 1 heterocycles. The first-order valence-corrected chi connectivity index (χ1v) is 7.22. The molecule has 1 aliphatic heterocycles. The molecule has 18 heavy (non-hydrogen) atoms. The molecule has 2 aliphatic rings. The van der Waals surface area contributed by atoms with E-state index in [2.05, 4.69) is 4.90 Å². The standard InChI is InChI=1S/C15H25NO2/c1-16(2)15(10-6-3-4-7-11-15)14(17)13-9-5-8-12-18-13/h9H,3-8,10-12H2,1-2H3. The molecule has 1 saturated carbocycles. The minimum atomic E-state index is -0.320. The average Bonchev–Trinajstić information content (AvgIpc) is 2.65. The van der Waals surface area contributed by atoms with Gasteiger partial charge in [-0.05, 0) is 45.9 Å². The van der Waals surface area contributed by atoms with Gasteiger partial charge in [0, 0.05) is 0 Å². The minimum Gasteiger partial charge on any atom is -0.490 e. The fourth-order valence-corrected chi connectivity index (χ4v) is 3.14. The highest BCUT2D eigenvalue weighted by Gasteiger charge is 2.42. The highest BCUT2D eigenvalue weighted by Crippen LogP contribution is 2.34. The molecule has 0 saturated heterocycles. The highest BCUT2D eigenvalue weighted by molar-refractivity contribution is 6.01. The van der Waals surface area contributed by atoms with Gasteiger partial charge in [-0.1, -0.05) is 25.7 Å². The molecular formula is C15H25NO2. The number of carbonyl (C=O) groups excluding carboxylic acids is 1. The molecule has 3 nitrogen and oxygen atoms in total. The Hall–Kier alpha value is -0.830. The SMILES string of the molecule is CN(C)C1(C(=O)C2=CCCCO2)CCCCCC1. The number of hydrogen-bond acceptors (Lipinski definition) is 3. The lowest BCUT2D eigenvalue weighted by molar-refractivity contribution is -0.130. The molecule has 3 heteroatoms. The van der Waals surface area contributed by atoms with Crippen molar-refractivity contribution in [1.82, 2.24) is 4.90 Å². The molecule has 1 fully saturated rings. The van der Waals surface area contributed by atoms with Gasteiger partial charge in [-0.15, -0.1) is 0 Å². The van der Waals surface area contributed by atoms with Gasteiger partial charge in [-0.25, -0.2) is 0 Å². The maximum atomic E-state index is 12.8. The predicted molar refractivity (Wildman–Crippen MR) is 72.4 cm³/mol. The number of Topliss-reactive ketones (excluding diaryl/α,β-unsaturated/α-hetero) is 1. The number of allylic oxidation sites excluding steroid dienone is 1. The van der Waals surface area contributed by atoms with Gasteiger partial charge in [0.25, 0.3) is 0 Å². The molecule has 0 aromatic rings. The Kier molecular flexibility index (Phi) is 4.44. The summed E-state index contributed by atoms with van der Waals surface area (Å²) in [6.45, 7) is 0.696. The number of rotatable bonds is 3. The second-order valence-corrected chi connectivity index (χ2v) is 5.73. The van der Waals surface area contributed by atoms with E-state index < -0.39 is 0 Å². The molecule has 1 aliphatic carbocycles. The summed E-state index contributed by atoms with van der Waals surface area (Å²) in [7, 11) is 4.07. The van der Waals surface area contributed by atoms with Gasteiger partial charge in [0.15, 0.2) is 5.76 Å². The van der Waals surface area contributed by atoms with Crippen molar-refractivity contribution in [1.29, 1.82) is 0 Å². The molecule has 102 valence electrons. The summed E-state index contributed by atoms with van der Waals surface area (Å²) in [6.07, 6.45) is 10.7. The zero-order valence-electron chi connectivity index (χ0n) is 11.7. The Morgan fingerprint density at radius 3 is 2.33 bits per heavy atom. The summed E-state index contributed by atoms with van der Waals surface area (Å²) >= 11 is 0. The largest absolute Gasteiger partial charge is 0.490 e. The normalized spacial score (nSPS) is 24.1. The smallest absolute Gasteiger partial charge is 0.217 e. The Bertz CT molecular complexity index is 325. The summed E-state index contributed by atoms with van der Waals surface area (Å²) in [5.74, 6) is 0.839. The van der Waals surface area contributed by atoms with E-state index in [-0.39, 0.29) is 11.3 Å². The van der Waals surface area contributed by atoms with Gasteiger partial charge in [0.1, 0.15) is 0 Å². The van der Waals surface area contributed by atoms with Gasteiger partial charge in [-0.2, -0.15) is 0 Å². The Morgan fingerprint density at radius 2 is 1.83 bits per heavy atom. The number of nitrogens with zero attached hydrogens (tertiary/aromatic N) is 1. The van der Waals surface area contributed by atoms with Crippen LogP contribution in [0, 0.1) is 0 Å². The second kappa shape index (κ2) is 5.87. The summed E-state index contributed by atoms with van der Waals surface area (Å²) < 4.78 is 5.59. The topological polar surface area (TPSA) is 29.5 Å². The Labute approximate surface area is 110 Å². The van der Waals surface area contributed by atoms with Crippen LogP contribution in [0.25, 0.3) is 0 Å². The molecule has 2 rings (SSSR count).